The molecule has 1 aliphatic rings. The molecule has 0 saturated heterocycles. The number of benzene rings is 3. The first-order valence-electron chi connectivity index (χ1n) is 10.4. The van der Waals surface area contributed by atoms with Gasteiger partial charge in [-0.25, -0.2) is 4.39 Å². The molecule has 5 heteroatoms. The number of halogens is 1. The molecular formula is C26H26FNO3. The zero-order chi connectivity index (χ0) is 22.0. The number of hydrogen-bond donors (Lipinski definition) is 0. The van der Waals surface area contributed by atoms with Crippen LogP contribution in [0, 0.1) is 11.7 Å². The zero-order valence-electron chi connectivity index (χ0n) is 18.0. The summed E-state index contributed by atoms with van der Waals surface area (Å²) in [7, 11) is 3.62. The molecule has 0 aliphatic carbocycles. The van der Waals surface area contributed by atoms with E-state index < -0.39 is 0 Å². The third-order valence-electron chi connectivity index (χ3n) is 5.84. The lowest BCUT2D eigenvalue weighted by molar-refractivity contribution is -0.110. The number of fused-ring (bicyclic) bond motifs is 1. The lowest BCUT2D eigenvalue weighted by atomic mass is 9.97. The smallest absolute Gasteiger partial charge is 0.142 e. The molecule has 1 heterocycles. The van der Waals surface area contributed by atoms with Gasteiger partial charge < -0.3 is 19.2 Å². The molecule has 4 rings (SSSR count). The number of anilines is 1. The first kappa shape index (κ1) is 20.9. The van der Waals surface area contributed by atoms with Gasteiger partial charge in [-0.15, -0.1) is 0 Å². The second-order valence-electron chi connectivity index (χ2n) is 8.03. The van der Waals surface area contributed by atoms with Crippen LogP contribution in [0.2, 0.25) is 0 Å². The van der Waals surface area contributed by atoms with Crippen LogP contribution in [-0.4, -0.2) is 27.1 Å². The second-order valence-corrected chi connectivity index (χ2v) is 8.03. The molecule has 2 unspecified atom stereocenters. The number of rotatable bonds is 6. The highest BCUT2D eigenvalue weighted by Gasteiger charge is 2.26. The number of carbonyl (C=O) groups is 1. The maximum Gasteiger partial charge on any atom is 0.142 e. The molecule has 0 fully saturated rings. The van der Waals surface area contributed by atoms with E-state index in [1.807, 2.05) is 43.3 Å². The van der Waals surface area contributed by atoms with Gasteiger partial charge in [0.05, 0.1) is 18.8 Å². The average Bonchev–Trinajstić information content (AvgIpc) is 2.80. The molecule has 31 heavy (non-hydrogen) atoms. The SMILES string of the molecule is COc1ccc(F)c(-c2ccc(C3COc4ccc(CC(C)C=O)cc4N3C)cc2)c1. The number of methoxy groups -OCH3 is 1. The van der Waals surface area contributed by atoms with E-state index in [1.54, 1.807) is 19.2 Å². The molecule has 1 aliphatic heterocycles. The Balaban J connectivity index is 1.59. The summed E-state index contributed by atoms with van der Waals surface area (Å²) in [6, 6.07) is 18.8. The van der Waals surface area contributed by atoms with E-state index in [0.717, 1.165) is 34.4 Å². The minimum atomic E-state index is -0.280. The fourth-order valence-corrected chi connectivity index (χ4v) is 4.01. The van der Waals surface area contributed by atoms with Crippen LogP contribution in [-0.2, 0) is 11.2 Å². The van der Waals surface area contributed by atoms with Crippen molar-refractivity contribution in [3.8, 4) is 22.6 Å². The molecule has 3 aromatic rings. The highest BCUT2D eigenvalue weighted by molar-refractivity contribution is 5.67. The van der Waals surface area contributed by atoms with Crippen molar-refractivity contribution in [1.82, 2.24) is 0 Å². The second kappa shape index (κ2) is 8.80. The summed E-state index contributed by atoms with van der Waals surface area (Å²) in [5.41, 5.74) is 4.52. The highest BCUT2D eigenvalue weighted by atomic mass is 19.1. The zero-order valence-corrected chi connectivity index (χ0v) is 18.0. The van der Waals surface area contributed by atoms with E-state index in [2.05, 4.69) is 18.0 Å². The van der Waals surface area contributed by atoms with Gasteiger partial charge in [0.1, 0.15) is 30.2 Å². The quantitative estimate of drug-likeness (QED) is 0.498. The Morgan fingerprint density at radius 3 is 2.65 bits per heavy atom. The van der Waals surface area contributed by atoms with Gasteiger partial charge in [-0.3, -0.25) is 0 Å². The van der Waals surface area contributed by atoms with E-state index in [9.17, 15) is 9.18 Å². The summed E-state index contributed by atoms with van der Waals surface area (Å²) in [5, 5.41) is 0. The monoisotopic (exact) mass is 419 g/mol. The van der Waals surface area contributed by atoms with Gasteiger partial charge in [0.2, 0.25) is 0 Å². The maximum absolute atomic E-state index is 14.3. The van der Waals surface area contributed by atoms with Crippen molar-refractivity contribution in [2.24, 2.45) is 5.92 Å². The van der Waals surface area contributed by atoms with Crippen molar-refractivity contribution < 1.29 is 18.7 Å². The number of carbonyl (C=O) groups excluding carboxylic acids is 1. The standard InChI is InChI=1S/C26H26FNO3/c1-17(15-29)12-18-4-11-26-24(13-18)28(2)25(16-31-26)20-7-5-19(6-8-20)22-14-21(30-3)9-10-23(22)27/h4-11,13-15,17,25H,12,16H2,1-3H3. The lowest BCUT2D eigenvalue weighted by Gasteiger charge is -2.36. The third-order valence-corrected chi connectivity index (χ3v) is 5.84. The molecular weight excluding hydrogens is 393 g/mol. The summed E-state index contributed by atoms with van der Waals surface area (Å²) < 4.78 is 25.6. The summed E-state index contributed by atoms with van der Waals surface area (Å²) in [6.07, 6.45) is 1.69. The topological polar surface area (TPSA) is 38.8 Å². The molecule has 3 aromatic carbocycles. The van der Waals surface area contributed by atoms with Gasteiger partial charge in [-0.1, -0.05) is 37.3 Å². The van der Waals surface area contributed by atoms with Gasteiger partial charge in [-0.2, -0.15) is 0 Å². The van der Waals surface area contributed by atoms with Crippen LogP contribution >= 0.6 is 0 Å². The van der Waals surface area contributed by atoms with Gasteiger partial charge in [0, 0.05) is 18.5 Å². The molecule has 0 spiro atoms. The minimum absolute atomic E-state index is 0.0202. The Kier molecular flexibility index (Phi) is 5.94. The van der Waals surface area contributed by atoms with E-state index in [4.69, 9.17) is 9.47 Å². The molecule has 160 valence electrons. The van der Waals surface area contributed by atoms with Crippen LogP contribution in [0.5, 0.6) is 11.5 Å². The Hall–Kier alpha value is -3.34. The van der Waals surface area contributed by atoms with Crippen molar-refractivity contribution in [3.05, 3.63) is 77.6 Å². The summed E-state index contributed by atoms with van der Waals surface area (Å²) in [4.78, 5) is 13.2. The van der Waals surface area contributed by atoms with Crippen LogP contribution in [0.15, 0.2) is 60.7 Å². The van der Waals surface area contributed by atoms with Gasteiger partial charge in [0.25, 0.3) is 0 Å². The maximum atomic E-state index is 14.3. The van der Waals surface area contributed by atoms with E-state index in [1.165, 1.54) is 6.07 Å². The molecule has 4 nitrogen and oxygen atoms in total. The van der Waals surface area contributed by atoms with Crippen molar-refractivity contribution in [2.75, 3.05) is 25.7 Å². The fourth-order valence-electron chi connectivity index (χ4n) is 4.01. The predicted octanol–water partition coefficient (Wildman–Crippen LogP) is 5.45. The van der Waals surface area contributed by atoms with Crippen molar-refractivity contribution in [2.45, 2.75) is 19.4 Å². The lowest BCUT2D eigenvalue weighted by Crippen LogP contribution is -2.33. The van der Waals surface area contributed by atoms with Crippen LogP contribution in [0.4, 0.5) is 10.1 Å². The molecule has 0 saturated carbocycles. The average molecular weight is 419 g/mol. The Labute approximate surface area is 182 Å². The minimum Gasteiger partial charge on any atom is -0.497 e. The number of nitrogens with zero attached hydrogens (tertiary/aromatic N) is 1. The third kappa shape index (κ3) is 4.26. The molecule has 0 aromatic heterocycles. The van der Waals surface area contributed by atoms with Gasteiger partial charge in [0.15, 0.2) is 0 Å². The van der Waals surface area contributed by atoms with E-state index in [0.29, 0.717) is 24.3 Å². The predicted molar refractivity (Wildman–Crippen MR) is 120 cm³/mol. The van der Waals surface area contributed by atoms with Crippen LogP contribution in [0.3, 0.4) is 0 Å². The summed E-state index contributed by atoms with van der Waals surface area (Å²) >= 11 is 0. The van der Waals surface area contributed by atoms with Gasteiger partial charge >= 0.3 is 0 Å². The number of ether oxygens (including phenoxy) is 2. The first-order valence-corrected chi connectivity index (χ1v) is 10.4. The summed E-state index contributed by atoms with van der Waals surface area (Å²) in [6.45, 7) is 2.45. The number of likely N-dealkylation sites (N-methyl/N-ethyl adjacent to an activating group) is 1. The van der Waals surface area contributed by atoms with Crippen LogP contribution in [0.25, 0.3) is 11.1 Å². The molecule has 0 N–H and O–H groups in total. The van der Waals surface area contributed by atoms with Crippen molar-refractivity contribution >= 4 is 12.0 Å². The highest BCUT2D eigenvalue weighted by Crippen LogP contribution is 2.39. The normalized spacial score (nSPS) is 16.3. The Morgan fingerprint density at radius 1 is 1.16 bits per heavy atom. The van der Waals surface area contributed by atoms with E-state index >= 15 is 0 Å². The van der Waals surface area contributed by atoms with E-state index in [-0.39, 0.29) is 17.8 Å². The molecule has 0 amide bonds. The Morgan fingerprint density at radius 2 is 1.94 bits per heavy atom. The van der Waals surface area contributed by atoms with Crippen LogP contribution in [0.1, 0.15) is 24.1 Å². The summed E-state index contributed by atoms with van der Waals surface area (Å²) in [5.74, 6) is 1.17. The van der Waals surface area contributed by atoms with Crippen molar-refractivity contribution in [1.29, 1.82) is 0 Å². The molecule has 2 atom stereocenters. The molecule has 0 bridgehead atoms. The van der Waals surface area contributed by atoms with Gasteiger partial charge in [-0.05, 0) is 53.4 Å². The van der Waals surface area contributed by atoms with Crippen molar-refractivity contribution in [3.63, 3.8) is 0 Å². The number of aldehydes is 1. The Bertz CT molecular complexity index is 1080. The first-order chi connectivity index (χ1) is 15.0. The van der Waals surface area contributed by atoms with Crippen LogP contribution < -0.4 is 14.4 Å². The molecule has 0 radical (unpaired) electrons. The fraction of sp³-hybridized carbons (Fsp3) is 0.269. The largest absolute Gasteiger partial charge is 0.497 e. The number of hydrogen-bond acceptors (Lipinski definition) is 4.